The first kappa shape index (κ1) is 11.7. The summed E-state index contributed by atoms with van der Waals surface area (Å²) in [5.74, 6) is -1.09. The van der Waals surface area contributed by atoms with Gasteiger partial charge in [-0.1, -0.05) is 6.92 Å². The Hall–Kier alpha value is -1.36. The van der Waals surface area contributed by atoms with E-state index >= 15 is 0 Å². The van der Waals surface area contributed by atoms with Crippen molar-refractivity contribution in [2.45, 2.75) is 32.3 Å². The highest BCUT2D eigenvalue weighted by molar-refractivity contribution is 5.89. The minimum atomic E-state index is -1.09. The first-order valence-electron chi connectivity index (χ1n) is 4.96. The summed E-state index contributed by atoms with van der Waals surface area (Å²) in [5, 5.41) is 11.1. The average molecular weight is 213 g/mol. The average Bonchev–Trinajstić information content (AvgIpc) is 2.25. The van der Waals surface area contributed by atoms with Gasteiger partial charge in [0.15, 0.2) is 0 Å². The monoisotopic (exact) mass is 213 g/mol. The minimum Gasteiger partial charge on any atom is -0.477 e. The third-order valence-electron chi connectivity index (χ3n) is 2.46. The van der Waals surface area contributed by atoms with Crippen LogP contribution in [0.2, 0.25) is 0 Å². The van der Waals surface area contributed by atoms with E-state index < -0.39 is 5.97 Å². The Bertz CT molecular complexity index is 285. The molecule has 1 aliphatic heterocycles. The number of carboxylic acids is 1. The van der Waals surface area contributed by atoms with Gasteiger partial charge in [-0.3, -0.25) is 4.79 Å². The highest BCUT2D eigenvalue weighted by atomic mass is 16.5. The molecule has 1 fully saturated rings. The molecule has 0 aromatic carbocycles. The first-order chi connectivity index (χ1) is 7.19. The van der Waals surface area contributed by atoms with E-state index in [1.807, 2.05) is 6.92 Å². The SMILES string of the molecule is CCC1CC(=C(NC=O)C(=O)O)CCO1. The zero-order valence-corrected chi connectivity index (χ0v) is 8.66. The maximum absolute atomic E-state index is 10.9. The van der Waals surface area contributed by atoms with Crippen molar-refractivity contribution in [1.82, 2.24) is 5.32 Å². The van der Waals surface area contributed by atoms with Gasteiger partial charge in [0, 0.05) is 0 Å². The molecule has 5 heteroatoms. The van der Waals surface area contributed by atoms with Crippen LogP contribution in [-0.4, -0.2) is 30.2 Å². The van der Waals surface area contributed by atoms with Gasteiger partial charge in [0.25, 0.3) is 0 Å². The minimum absolute atomic E-state index is 0.00625. The van der Waals surface area contributed by atoms with Crippen LogP contribution in [0.4, 0.5) is 0 Å². The number of carbonyl (C=O) groups excluding carboxylic acids is 1. The second kappa shape index (κ2) is 5.50. The summed E-state index contributed by atoms with van der Waals surface area (Å²) in [4.78, 5) is 21.1. The van der Waals surface area contributed by atoms with E-state index in [9.17, 15) is 9.59 Å². The molecule has 1 atom stereocenters. The van der Waals surface area contributed by atoms with Crippen molar-refractivity contribution >= 4 is 12.4 Å². The standard InChI is InChI=1S/C10H15NO4/c1-2-8-5-7(3-4-15-8)9(10(13)14)11-6-12/h6,8H,2-5H2,1H3,(H,11,12)(H,13,14). The quantitative estimate of drug-likeness (QED) is 0.531. The van der Waals surface area contributed by atoms with E-state index in [-0.39, 0.29) is 11.8 Å². The lowest BCUT2D eigenvalue weighted by atomic mass is 9.98. The molecule has 1 rings (SSSR count). The third kappa shape index (κ3) is 3.06. The molecule has 1 aliphatic rings. The number of nitrogens with one attached hydrogen (secondary N) is 1. The number of amides is 1. The summed E-state index contributed by atoms with van der Waals surface area (Å²) in [6.07, 6.45) is 2.46. The van der Waals surface area contributed by atoms with Gasteiger partial charge >= 0.3 is 5.97 Å². The van der Waals surface area contributed by atoms with E-state index in [0.717, 1.165) is 12.0 Å². The molecule has 5 nitrogen and oxygen atoms in total. The summed E-state index contributed by atoms with van der Waals surface area (Å²) in [6, 6.07) is 0. The van der Waals surface area contributed by atoms with E-state index in [0.29, 0.717) is 25.9 Å². The first-order valence-corrected chi connectivity index (χ1v) is 4.96. The number of hydrogen-bond acceptors (Lipinski definition) is 3. The lowest BCUT2D eigenvalue weighted by Crippen LogP contribution is -2.27. The zero-order chi connectivity index (χ0) is 11.3. The van der Waals surface area contributed by atoms with Crippen molar-refractivity contribution in [2.75, 3.05) is 6.61 Å². The van der Waals surface area contributed by atoms with Crippen LogP contribution in [-0.2, 0) is 14.3 Å². The van der Waals surface area contributed by atoms with Crippen molar-refractivity contribution in [3.63, 3.8) is 0 Å². The van der Waals surface area contributed by atoms with Crippen LogP contribution >= 0.6 is 0 Å². The molecule has 1 heterocycles. The molecule has 1 saturated heterocycles. The molecule has 2 N–H and O–H groups in total. The molecule has 0 aromatic heterocycles. The Morgan fingerprint density at radius 1 is 1.73 bits per heavy atom. The van der Waals surface area contributed by atoms with Crippen LogP contribution in [0.1, 0.15) is 26.2 Å². The molecule has 0 spiro atoms. The highest BCUT2D eigenvalue weighted by Crippen LogP contribution is 2.23. The molecule has 0 aliphatic carbocycles. The molecular weight excluding hydrogens is 198 g/mol. The fourth-order valence-electron chi connectivity index (χ4n) is 1.65. The van der Waals surface area contributed by atoms with Crippen LogP contribution in [0, 0.1) is 0 Å². The third-order valence-corrected chi connectivity index (χ3v) is 2.46. The van der Waals surface area contributed by atoms with E-state index in [2.05, 4.69) is 5.32 Å². The Morgan fingerprint density at radius 2 is 2.47 bits per heavy atom. The number of rotatable bonds is 4. The summed E-state index contributed by atoms with van der Waals surface area (Å²) < 4.78 is 5.42. The van der Waals surface area contributed by atoms with Crippen LogP contribution in [0.25, 0.3) is 0 Å². The fourth-order valence-corrected chi connectivity index (χ4v) is 1.65. The van der Waals surface area contributed by atoms with Crippen LogP contribution in [0.15, 0.2) is 11.3 Å². The lowest BCUT2D eigenvalue weighted by molar-refractivity contribution is -0.134. The van der Waals surface area contributed by atoms with E-state index in [4.69, 9.17) is 9.84 Å². The molecule has 0 aromatic rings. The van der Waals surface area contributed by atoms with Crippen molar-refractivity contribution in [3.05, 3.63) is 11.3 Å². The largest absolute Gasteiger partial charge is 0.477 e. The molecule has 0 radical (unpaired) electrons. The topological polar surface area (TPSA) is 75.6 Å². The molecule has 1 amide bonds. The predicted octanol–water partition coefficient (Wildman–Crippen LogP) is 0.660. The smallest absolute Gasteiger partial charge is 0.352 e. The fraction of sp³-hybridized carbons (Fsp3) is 0.600. The number of carbonyl (C=O) groups is 2. The lowest BCUT2D eigenvalue weighted by Gasteiger charge is -2.25. The van der Waals surface area contributed by atoms with Gasteiger partial charge in [0.05, 0.1) is 12.7 Å². The van der Waals surface area contributed by atoms with Crippen molar-refractivity contribution < 1.29 is 19.4 Å². The summed E-state index contributed by atoms with van der Waals surface area (Å²) in [5.41, 5.74) is 0.763. The Morgan fingerprint density at radius 3 is 3.00 bits per heavy atom. The highest BCUT2D eigenvalue weighted by Gasteiger charge is 2.21. The Kier molecular flexibility index (Phi) is 4.30. The molecular formula is C10H15NO4. The second-order valence-corrected chi connectivity index (χ2v) is 3.40. The molecule has 1 unspecified atom stereocenters. The van der Waals surface area contributed by atoms with Crippen LogP contribution < -0.4 is 5.32 Å². The van der Waals surface area contributed by atoms with Gasteiger partial charge < -0.3 is 15.2 Å². The Balaban J connectivity index is 2.83. The normalized spacial score (nSPS) is 24.5. The number of hydrogen-bond donors (Lipinski definition) is 2. The van der Waals surface area contributed by atoms with Crippen molar-refractivity contribution in [2.24, 2.45) is 0 Å². The molecule has 0 saturated carbocycles. The van der Waals surface area contributed by atoms with Gasteiger partial charge in [0.1, 0.15) is 5.70 Å². The van der Waals surface area contributed by atoms with Gasteiger partial charge in [-0.05, 0) is 24.8 Å². The molecule has 0 bridgehead atoms. The van der Waals surface area contributed by atoms with Crippen molar-refractivity contribution in [1.29, 1.82) is 0 Å². The summed E-state index contributed by atoms with van der Waals surface area (Å²) in [6.45, 7) is 2.51. The van der Waals surface area contributed by atoms with Crippen molar-refractivity contribution in [3.8, 4) is 0 Å². The van der Waals surface area contributed by atoms with Crippen LogP contribution in [0.3, 0.4) is 0 Å². The number of carboxylic acid groups (broad SMARTS) is 1. The predicted molar refractivity (Wildman–Crippen MR) is 53.1 cm³/mol. The molecule has 84 valence electrons. The van der Waals surface area contributed by atoms with Gasteiger partial charge in [-0.15, -0.1) is 0 Å². The van der Waals surface area contributed by atoms with Gasteiger partial charge in [-0.2, -0.15) is 0 Å². The molecule has 15 heavy (non-hydrogen) atoms. The number of ether oxygens (including phenoxy) is 1. The summed E-state index contributed by atoms with van der Waals surface area (Å²) in [7, 11) is 0. The van der Waals surface area contributed by atoms with Gasteiger partial charge in [0.2, 0.25) is 6.41 Å². The van der Waals surface area contributed by atoms with Gasteiger partial charge in [-0.25, -0.2) is 4.79 Å². The zero-order valence-electron chi connectivity index (χ0n) is 8.66. The van der Waals surface area contributed by atoms with Crippen LogP contribution in [0.5, 0.6) is 0 Å². The van der Waals surface area contributed by atoms with E-state index in [1.54, 1.807) is 0 Å². The maximum Gasteiger partial charge on any atom is 0.352 e. The maximum atomic E-state index is 10.9. The second-order valence-electron chi connectivity index (χ2n) is 3.40. The van der Waals surface area contributed by atoms with E-state index in [1.165, 1.54) is 0 Å². The number of aliphatic carboxylic acids is 1. The summed E-state index contributed by atoms with van der Waals surface area (Å²) >= 11 is 0. The Labute approximate surface area is 88.1 Å².